The smallest absolute Gasteiger partial charge is 0.0488 e. The van der Waals surface area contributed by atoms with E-state index in [-0.39, 0.29) is 0 Å². The Morgan fingerprint density at radius 1 is 1.42 bits per heavy atom. The van der Waals surface area contributed by atoms with Gasteiger partial charge in [0.2, 0.25) is 0 Å². The molecule has 12 heavy (non-hydrogen) atoms. The highest BCUT2D eigenvalue weighted by Crippen LogP contribution is 2.27. The molecule has 0 aliphatic heterocycles. The molecular formula is C10H9ClS. The van der Waals surface area contributed by atoms with E-state index in [1.807, 2.05) is 0 Å². The molecule has 0 aliphatic rings. The number of halogens is 1. The fourth-order valence-electron chi connectivity index (χ4n) is 1.29. The zero-order valence-corrected chi connectivity index (χ0v) is 8.38. The minimum absolute atomic E-state index is 0.614. The molecule has 0 saturated heterocycles. The van der Waals surface area contributed by atoms with Crippen molar-refractivity contribution in [2.45, 2.75) is 12.8 Å². The second-order valence-electron chi connectivity index (χ2n) is 2.89. The molecule has 1 aromatic carbocycles. The first-order valence-corrected chi connectivity index (χ1v) is 5.25. The Kier molecular flexibility index (Phi) is 2.07. The third-order valence-corrected chi connectivity index (χ3v) is 3.24. The summed E-state index contributed by atoms with van der Waals surface area (Å²) >= 11 is 7.56. The van der Waals surface area contributed by atoms with Gasteiger partial charge in [-0.15, -0.1) is 22.9 Å². The molecule has 2 heteroatoms. The maximum absolute atomic E-state index is 5.79. The van der Waals surface area contributed by atoms with Crippen LogP contribution in [0.25, 0.3) is 10.1 Å². The number of hydrogen-bond donors (Lipinski definition) is 0. The van der Waals surface area contributed by atoms with Crippen LogP contribution in [0.5, 0.6) is 0 Å². The van der Waals surface area contributed by atoms with Gasteiger partial charge in [0.15, 0.2) is 0 Å². The lowest BCUT2D eigenvalue weighted by Gasteiger charge is -1.94. The van der Waals surface area contributed by atoms with Gasteiger partial charge in [-0.25, -0.2) is 0 Å². The number of rotatable bonds is 1. The number of thiophene rings is 1. The average molecular weight is 197 g/mol. The van der Waals surface area contributed by atoms with Crippen molar-refractivity contribution in [2.24, 2.45) is 0 Å². The first-order chi connectivity index (χ1) is 5.81. The van der Waals surface area contributed by atoms with Crippen molar-refractivity contribution in [1.82, 2.24) is 0 Å². The maximum atomic E-state index is 5.79. The van der Waals surface area contributed by atoms with Gasteiger partial charge in [0.25, 0.3) is 0 Å². The van der Waals surface area contributed by atoms with E-state index in [1.165, 1.54) is 21.2 Å². The van der Waals surface area contributed by atoms with E-state index in [9.17, 15) is 0 Å². The van der Waals surface area contributed by atoms with E-state index >= 15 is 0 Å². The van der Waals surface area contributed by atoms with Gasteiger partial charge in [-0.2, -0.15) is 0 Å². The molecule has 0 N–H and O–H groups in total. The quantitative estimate of drug-likeness (QED) is 0.606. The second-order valence-corrected chi connectivity index (χ2v) is 4.07. The summed E-state index contributed by atoms with van der Waals surface area (Å²) in [5.41, 5.74) is 2.56. The van der Waals surface area contributed by atoms with Crippen LogP contribution < -0.4 is 0 Å². The lowest BCUT2D eigenvalue weighted by atomic mass is 10.1. The monoisotopic (exact) mass is 196 g/mol. The lowest BCUT2D eigenvalue weighted by molar-refractivity contribution is 1.47. The van der Waals surface area contributed by atoms with E-state index in [2.05, 4.69) is 30.5 Å². The normalized spacial score (nSPS) is 10.8. The maximum Gasteiger partial charge on any atom is 0.0488 e. The average Bonchev–Trinajstić information content (AvgIpc) is 2.46. The molecular weight excluding hydrogens is 188 g/mol. The van der Waals surface area contributed by atoms with Gasteiger partial charge in [-0.05, 0) is 34.9 Å². The third-order valence-electron chi connectivity index (χ3n) is 1.96. The van der Waals surface area contributed by atoms with Crippen LogP contribution in [0.2, 0.25) is 0 Å². The molecule has 1 heterocycles. The Bertz CT molecular complexity index is 403. The van der Waals surface area contributed by atoms with Gasteiger partial charge in [-0.1, -0.05) is 12.1 Å². The highest BCUT2D eigenvalue weighted by atomic mass is 35.5. The van der Waals surface area contributed by atoms with Crippen LogP contribution in [-0.2, 0) is 5.88 Å². The zero-order chi connectivity index (χ0) is 8.55. The Labute approximate surface area is 80.8 Å². The summed E-state index contributed by atoms with van der Waals surface area (Å²) in [6, 6.07) is 6.49. The van der Waals surface area contributed by atoms with Gasteiger partial charge >= 0.3 is 0 Å². The summed E-state index contributed by atoms with van der Waals surface area (Å²) in [6.07, 6.45) is 0. The minimum Gasteiger partial charge on any atom is -0.143 e. The Balaban J connectivity index is 2.73. The molecule has 0 bridgehead atoms. The Morgan fingerprint density at radius 2 is 2.25 bits per heavy atom. The summed E-state index contributed by atoms with van der Waals surface area (Å²) < 4.78 is 1.34. The van der Waals surface area contributed by atoms with E-state index in [0.29, 0.717) is 5.88 Å². The largest absolute Gasteiger partial charge is 0.143 e. The molecule has 0 amide bonds. The van der Waals surface area contributed by atoms with Crippen LogP contribution in [0.1, 0.15) is 11.1 Å². The molecule has 2 rings (SSSR count). The van der Waals surface area contributed by atoms with Crippen molar-refractivity contribution < 1.29 is 0 Å². The zero-order valence-electron chi connectivity index (χ0n) is 6.80. The molecule has 0 spiro atoms. The number of aryl methyl sites for hydroxylation is 1. The van der Waals surface area contributed by atoms with Crippen LogP contribution in [0.4, 0.5) is 0 Å². The summed E-state index contributed by atoms with van der Waals surface area (Å²) in [6.45, 7) is 2.11. The highest BCUT2D eigenvalue weighted by Gasteiger charge is 2.01. The first kappa shape index (κ1) is 8.09. The number of benzene rings is 1. The fourth-order valence-corrected chi connectivity index (χ4v) is 2.67. The molecule has 0 aliphatic carbocycles. The van der Waals surface area contributed by atoms with Crippen LogP contribution in [0, 0.1) is 6.92 Å². The molecule has 0 nitrogen and oxygen atoms in total. The topological polar surface area (TPSA) is 0 Å². The minimum atomic E-state index is 0.614. The van der Waals surface area contributed by atoms with Gasteiger partial charge < -0.3 is 0 Å². The van der Waals surface area contributed by atoms with Crippen LogP contribution >= 0.6 is 22.9 Å². The molecule has 62 valence electrons. The van der Waals surface area contributed by atoms with Gasteiger partial charge in [0.05, 0.1) is 0 Å². The second kappa shape index (κ2) is 3.08. The SMILES string of the molecule is Cc1ccc2c(CCl)csc2c1. The molecule has 0 saturated carbocycles. The Hall–Kier alpha value is -0.530. The number of alkyl halides is 1. The van der Waals surface area contributed by atoms with Crippen molar-refractivity contribution in [3.05, 3.63) is 34.7 Å². The predicted octanol–water partition coefficient (Wildman–Crippen LogP) is 3.95. The summed E-state index contributed by atoms with van der Waals surface area (Å²) in [5, 5.41) is 3.44. The van der Waals surface area contributed by atoms with E-state index in [1.54, 1.807) is 11.3 Å². The summed E-state index contributed by atoms with van der Waals surface area (Å²) in [7, 11) is 0. The molecule has 2 aromatic rings. The first-order valence-electron chi connectivity index (χ1n) is 3.84. The molecule has 0 radical (unpaired) electrons. The fraction of sp³-hybridized carbons (Fsp3) is 0.200. The van der Waals surface area contributed by atoms with Crippen molar-refractivity contribution in [1.29, 1.82) is 0 Å². The highest BCUT2D eigenvalue weighted by molar-refractivity contribution is 7.17. The standard InChI is InChI=1S/C10H9ClS/c1-7-2-3-9-8(5-11)6-12-10(9)4-7/h2-4,6H,5H2,1H3. The molecule has 0 fully saturated rings. The summed E-state index contributed by atoms with van der Waals surface area (Å²) in [5.74, 6) is 0.614. The van der Waals surface area contributed by atoms with E-state index < -0.39 is 0 Å². The number of hydrogen-bond acceptors (Lipinski definition) is 1. The molecule has 0 unspecified atom stereocenters. The van der Waals surface area contributed by atoms with E-state index in [0.717, 1.165) is 0 Å². The van der Waals surface area contributed by atoms with E-state index in [4.69, 9.17) is 11.6 Å². The van der Waals surface area contributed by atoms with Gasteiger partial charge in [0.1, 0.15) is 0 Å². The van der Waals surface area contributed by atoms with Crippen molar-refractivity contribution in [3.63, 3.8) is 0 Å². The Morgan fingerprint density at radius 3 is 3.00 bits per heavy atom. The van der Waals surface area contributed by atoms with Crippen molar-refractivity contribution in [3.8, 4) is 0 Å². The van der Waals surface area contributed by atoms with Gasteiger partial charge in [0, 0.05) is 10.6 Å². The van der Waals surface area contributed by atoms with Crippen LogP contribution in [0.3, 0.4) is 0 Å². The van der Waals surface area contributed by atoms with Crippen molar-refractivity contribution >= 4 is 33.0 Å². The number of fused-ring (bicyclic) bond motifs is 1. The predicted molar refractivity (Wildman–Crippen MR) is 56.1 cm³/mol. The van der Waals surface area contributed by atoms with Crippen LogP contribution in [0.15, 0.2) is 23.6 Å². The molecule has 1 aromatic heterocycles. The third kappa shape index (κ3) is 1.23. The van der Waals surface area contributed by atoms with Crippen molar-refractivity contribution in [2.75, 3.05) is 0 Å². The van der Waals surface area contributed by atoms with Crippen LogP contribution in [-0.4, -0.2) is 0 Å². The molecule has 0 atom stereocenters. The lowest BCUT2D eigenvalue weighted by Crippen LogP contribution is -1.73. The summed E-state index contributed by atoms with van der Waals surface area (Å²) in [4.78, 5) is 0. The van der Waals surface area contributed by atoms with Gasteiger partial charge in [-0.3, -0.25) is 0 Å².